The first-order valence-electron chi connectivity index (χ1n) is 7.61. The van der Waals surface area contributed by atoms with Crippen molar-refractivity contribution >= 4 is 15.8 Å². The van der Waals surface area contributed by atoms with E-state index in [9.17, 15) is 8.42 Å². The summed E-state index contributed by atoms with van der Waals surface area (Å²) in [6.45, 7) is 1.52. The highest BCUT2D eigenvalue weighted by atomic mass is 32.2. The summed E-state index contributed by atoms with van der Waals surface area (Å²) >= 11 is 0. The SMILES string of the molecule is CN(C1CCN(c2cccc(C#N)n2)CC1)S(=O)(=O)C1CC1. The quantitative estimate of drug-likeness (QED) is 0.837. The van der Waals surface area contributed by atoms with E-state index >= 15 is 0 Å². The minimum absolute atomic E-state index is 0.0704. The van der Waals surface area contributed by atoms with Gasteiger partial charge >= 0.3 is 0 Å². The maximum Gasteiger partial charge on any atom is 0.216 e. The highest BCUT2D eigenvalue weighted by Crippen LogP contribution is 2.33. The molecule has 1 aliphatic carbocycles. The van der Waals surface area contributed by atoms with E-state index in [-0.39, 0.29) is 11.3 Å². The van der Waals surface area contributed by atoms with Gasteiger partial charge in [-0.25, -0.2) is 17.7 Å². The number of sulfonamides is 1. The molecule has 1 aromatic rings. The van der Waals surface area contributed by atoms with E-state index in [1.54, 1.807) is 17.4 Å². The summed E-state index contributed by atoms with van der Waals surface area (Å²) in [6, 6.07) is 7.53. The summed E-state index contributed by atoms with van der Waals surface area (Å²) in [7, 11) is -1.39. The van der Waals surface area contributed by atoms with Crippen LogP contribution in [0.1, 0.15) is 31.4 Å². The Labute approximate surface area is 131 Å². The molecule has 0 spiro atoms. The lowest BCUT2D eigenvalue weighted by atomic mass is 10.1. The van der Waals surface area contributed by atoms with Crippen LogP contribution in [-0.4, -0.2) is 49.1 Å². The number of anilines is 1. The largest absolute Gasteiger partial charge is 0.356 e. The van der Waals surface area contributed by atoms with Gasteiger partial charge in [-0.3, -0.25) is 0 Å². The van der Waals surface area contributed by atoms with E-state index in [1.165, 1.54) is 0 Å². The molecule has 2 heterocycles. The molecule has 22 heavy (non-hydrogen) atoms. The molecule has 0 unspecified atom stereocenters. The fourth-order valence-electron chi connectivity index (χ4n) is 2.93. The van der Waals surface area contributed by atoms with E-state index in [4.69, 9.17) is 5.26 Å². The predicted octanol–water partition coefficient (Wildman–Crippen LogP) is 1.35. The third-order valence-electron chi connectivity index (χ3n) is 4.50. The number of piperidine rings is 1. The van der Waals surface area contributed by atoms with Crippen molar-refractivity contribution in [3.8, 4) is 6.07 Å². The summed E-state index contributed by atoms with van der Waals surface area (Å²) in [5.41, 5.74) is 0.410. The highest BCUT2D eigenvalue weighted by Gasteiger charge is 2.41. The maximum atomic E-state index is 12.3. The van der Waals surface area contributed by atoms with Crippen LogP contribution < -0.4 is 4.90 Å². The van der Waals surface area contributed by atoms with Gasteiger partial charge in [0.2, 0.25) is 10.0 Å². The number of hydrogen-bond donors (Lipinski definition) is 0. The average molecular weight is 320 g/mol. The van der Waals surface area contributed by atoms with Crippen LogP contribution in [0.4, 0.5) is 5.82 Å². The van der Waals surface area contributed by atoms with Crippen molar-refractivity contribution in [1.29, 1.82) is 5.26 Å². The number of nitriles is 1. The Bertz CT molecular complexity index is 686. The second-order valence-electron chi connectivity index (χ2n) is 5.97. The molecule has 0 aromatic carbocycles. The van der Waals surface area contributed by atoms with Crippen LogP contribution in [0.25, 0.3) is 0 Å². The molecule has 6 nitrogen and oxygen atoms in total. The van der Waals surface area contributed by atoms with Crippen LogP contribution in [0, 0.1) is 11.3 Å². The van der Waals surface area contributed by atoms with Gasteiger partial charge in [0.15, 0.2) is 0 Å². The van der Waals surface area contributed by atoms with Gasteiger partial charge in [-0.2, -0.15) is 5.26 Å². The summed E-state index contributed by atoms with van der Waals surface area (Å²) in [6.07, 6.45) is 3.19. The number of aromatic nitrogens is 1. The summed E-state index contributed by atoms with van der Waals surface area (Å²) in [5, 5.41) is 8.77. The van der Waals surface area contributed by atoms with Crippen LogP contribution in [0.2, 0.25) is 0 Å². The lowest BCUT2D eigenvalue weighted by molar-refractivity contribution is 0.311. The van der Waals surface area contributed by atoms with Gasteiger partial charge < -0.3 is 4.90 Å². The third kappa shape index (κ3) is 2.94. The maximum absolute atomic E-state index is 12.3. The smallest absolute Gasteiger partial charge is 0.216 e. The Morgan fingerprint density at radius 1 is 1.27 bits per heavy atom. The zero-order valence-electron chi connectivity index (χ0n) is 12.6. The molecule has 1 aliphatic heterocycles. The van der Waals surface area contributed by atoms with E-state index < -0.39 is 10.0 Å². The number of pyridine rings is 1. The topological polar surface area (TPSA) is 77.3 Å². The minimum atomic E-state index is -3.10. The van der Waals surface area contributed by atoms with E-state index in [0.717, 1.165) is 44.6 Å². The summed E-state index contributed by atoms with van der Waals surface area (Å²) in [5.74, 6) is 0.796. The molecule has 1 saturated carbocycles. The van der Waals surface area contributed by atoms with Gasteiger partial charge in [0.25, 0.3) is 0 Å². The van der Waals surface area contributed by atoms with Crippen molar-refractivity contribution in [3.05, 3.63) is 23.9 Å². The van der Waals surface area contributed by atoms with Gasteiger partial charge in [-0.15, -0.1) is 0 Å². The number of rotatable bonds is 4. The standard InChI is InChI=1S/C15H20N4O2S/c1-18(22(20,21)14-5-6-14)13-7-9-19(10-8-13)15-4-2-3-12(11-16)17-15/h2-4,13-14H,5-10H2,1H3. The molecule has 0 atom stereocenters. The van der Waals surface area contributed by atoms with E-state index in [2.05, 4.69) is 9.88 Å². The third-order valence-corrected chi connectivity index (χ3v) is 6.91. The minimum Gasteiger partial charge on any atom is -0.356 e. The van der Waals surface area contributed by atoms with Gasteiger partial charge in [-0.1, -0.05) is 6.07 Å². The molecular weight excluding hydrogens is 300 g/mol. The Balaban J connectivity index is 1.64. The van der Waals surface area contributed by atoms with Crippen molar-refractivity contribution in [2.45, 2.75) is 37.0 Å². The molecule has 0 bridgehead atoms. The predicted molar refractivity (Wildman–Crippen MR) is 83.9 cm³/mol. The molecule has 3 rings (SSSR count). The average Bonchev–Trinajstić information content (AvgIpc) is 3.40. The van der Waals surface area contributed by atoms with Gasteiger partial charge in [0.1, 0.15) is 17.6 Å². The van der Waals surface area contributed by atoms with Crippen LogP contribution >= 0.6 is 0 Å². The second kappa shape index (κ2) is 5.86. The van der Waals surface area contributed by atoms with Crippen LogP contribution in [-0.2, 0) is 10.0 Å². The molecule has 0 radical (unpaired) electrons. The van der Waals surface area contributed by atoms with E-state index in [0.29, 0.717) is 5.69 Å². The fourth-order valence-corrected chi connectivity index (χ4v) is 4.76. The number of nitrogens with zero attached hydrogens (tertiary/aromatic N) is 4. The number of hydrogen-bond acceptors (Lipinski definition) is 5. The monoisotopic (exact) mass is 320 g/mol. The van der Waals surface area contributed by atoms with Gasteiger partial charge in [0, 0.05) is 26.2 Å². The lowest BCUT2D eigenvalue weighted by Crippen LogP contribution is -2.46. The zero-order chi connectivity index (χ0) is 15.7. The van der Waals surface area contributed by atoms with Gasteiger partial charge in [0.05, 0.1) is 5.25 Å². The van der Waals surface area contributed by atoms with Crippen molar-refractivity contribution < 1.29 is 8.42 Å². The summed E-state index contributed by atoms with van der Waals surface area (Å²) < 4.78 is 26.2. The normalized spacial score (nSPS) is 20.1. The zero-order valence-corrected chi connectivity index (χ0v) is 13.5. The molecule has 0 N–H and O–H groups in total. The Hall–Kier alpha value is -1.65. The molecule has 2 fully saturated rings. The molecule has 0 amide bonds. The molecule has 118 valence electrons. The summed E-state index contributed by atoms with van der Waals surface area (Å²) in [4.78, 5) is 6.42. The molecule has 1 aromatic heterocycles. The first kappa shape index (κ1) is 15.3. The van der Waals surface area contributed by atoms with Crippen LogP contribution in [0.15, 0.2) is 18.2 Å². The highest BCUT2D eigenvalue weighted by molar-refractivity contribution is 7.90. The molecular formula is C15H20N4O2S. The van der Waals surface area contributed by atoms with Crippen molar-refractivity contribution in [3.63, 3.8) is 0 Å². The molecule has 7 heteroatoms. The Morgan fingerprint density at radius 2 is 1.95 bits per heavy atom. The molecule has 2 aliphatic rings. The van der Waals surface area contributed by atoms with Gasteiger partial charge in [-0.05, 0) is 37.8 Å². The molecule has 1 saturated heterocycles. The Kier molecular flexibility index (Phi) is 4.06. The van der Waals surface area contributed by atoms with Crippen molar-refractivity contribution in [1.82, 2.24) is 9.29 Å². The van der Waals surface area contributed by atoms with Crippen molar-refractivity contribution in [2.75, 3.05) is 25.0 Å². The lowest BCUT2D eigenvalue weighted by Gasteiger charge is -2.36. The van der Waals surface area contributed by atoms with Crippen LogP contribution in [0.3, 0.4) is 0 Å². The first-order chi connectivity index (χ1) is 10.5. The fraction of sp³-hybridized carbons (Fsp3) is 0.600. The Morgan fingerprint density at radius 3 is 2.55 bits per heavy atom. The van der Waals surface area contributed by atoms with Crippen molar-refractivity contribution in [2.24, 2.45) is 0 Å². The first-order valence-corrected chi connectivity index (χ1v) is 9.11. The second-order valence-corrected chi connectivity index (χ2v) is 8.24. The van der Waals surface area contributed by atoms with Crippen LogP contribution in [0.5, 0.6) is 0 Å². The van der Waals surface area contributed by atoms with E-state index in [1.807, 2.05) is 18.2 Å².